The minimum absolute atomic E-state index is 0.298. The predicted molar refractivity (Wildman–Crippen MR) is 73.5 cm³/mol. The molecule has 8 heteroatoms. The quantitative estimate of drug-likeness (QED) is 0.879. The van der Waals surface area contributed by atoms with Crippen LogP contribution in [-0.2, 0) is 16.4 Å². The fraction of sp³-hybridized carbons (Fsp3) is 0.250. The van der Waals surface area contributed by atoms with Gasteiger partial charge in [0.2, 0.25) is 10.9 Å². The highest BCUT2D eigenvalue weighted by Crippen LogP contribution is 2.19. The molecule has 0 amide bonds. The van der Waals surface area contributed by atoms with Crippen LogP contribution in [0.5, 0.6) is 0 Å². The zero-order chi connectivity index (χ0) is 14.8. The molecule has 0 aliphatic heterocycles. The predicted octanol–water partition coefficient (Wildman–Crippen LogP) is 1.90. The van der Waals surface area contributed by atoms with Crippen molar-refractivity contribution in [3.8, 4) is 0 Å². The minimum atomic E-state index is -3.80. The van der Waals surface area contributed by atoms with E-state index < -0.39 is 21.8 Å². The van der Waals surface area contributed by atoms with Crippen molar-refractivity contribution in [2.24, 2.45) is 0 Å². The Kier molecular flexibility index (Phi) is 4.26. The van der Waals surface area contributed by atoms with Gasteiger partial charge in [-0.25, -0.2) is 13.2 Å². The average Bonchev–Trinajstić information content (AvgIpc) is 3.06. The molecular formula is C12H13NO5S2. The first-order chi connectivity index (χ1) is 9.41. The molecule has 0 saturated heterocycles. The van der Waals surface area contributed by atoms with E-state index in [0.29, 0.717) is 13.0 Å². The molecule has 0 fully saturated rings. The number of carboxylic acid groups (broad SMARTS) is 1. The number of likely N-dealkylation sites (N-methyl/N-ethyl adjacent to an activating group) is 1. The molecule has 1 N–H and O–H groups in total. The fourth-order valence-corrected chi connectivity index (χ4v) is 3.34. The van der Waals surface area contributed by atoms with Gasteiger partial charge in [0.05, 0.1) is 0 Å². The molecule has 0 aliphatic carbocycles. The summed E-state index contributed by atoms with van der Waals surface area (Å²) >= 11 is 1.56. The lowest BCUT2D eigenvalue weighted by Crippen LogP contribution is -2.28. The van der Waals surface area contributed by atoms with Gasteiger partial charge in [0.1, 0.15) is 0 Å². The molecule has 0 bridgehead atoms. The highest BCUT2D eigenvalue weighted by Gasteiger charge is 2.25. The third-order valence-electron chi connectivity index (χ3n) is 2.71. The van der Waals surface area contributed by atoms with Crippen LogP contribution in [0.15, 0.2) is 39.2 Å². The van der Waals surface area contributed by atoms with Gasteiger partial charge in [-0.3, -0.25) is 0 Å². The maximum absolute atomic E-state index is 12.2. The molecule has 2 aromatic rings. The smallest absolute Gasteiger partial charge is 0.371 e. The Morgan fingerprint density at radius 2 is 2.15 bits per heavy atom. The third-order valence-corrected chi connectivity index (χ3v) is 5.38. The summed E-state index contributed by atoms with van der Waals surface area (Å²) in [7, 11) is -2.36. The molecule has 2 aromatic heterocycles. The third kappa shape index (κ3) is 3.09. The lowest BCUT2D eigenvalue weighted by Gasteiger charge is -2.14. The molecule has 0 aromatic carbocycles. The Morgan fingerprint density at radius 1 is 1.40 bits per heavy atom. The van der Waals surface area contributed by atoms with E-state index in [9.17, 15) is 13.2 Å². The fourth-order valence-electron chi connectivity index (χ4n) is 1.57. The largest absolute Gasteiger partial charge is 0.475 e. The van der Waals surface area contributed by atoms with Crippen LogP contribution in [0, 0.1) is 0 Å². The second-order valence-electron chi connectivity index (χ2n) is 4.08. The van der Waals surface area contributed by atoms with Crippen LogP contribution < -0.4 is 0 Å². The van der Waals surface area contributed by atoms with Crippen molar-refractivity contribution in [3.63, 3.8) is 0 Å². The Bertz CT molecular complexity index is 687. The zero-order valence-corrected chi connectivity index (χ0v) is 12.3. The number of hydrogen-bond acceptors (Lipinski definition) is 5. The highest BCUT2D eigenvalue weighted by atomic mass is 32.2. The summed E-state index contributed by atoms with van der Waals surface area (Å²) in [5.74, 6) is -1.69. The van der Waals surface area contributed by atoms with Crippen LogP contribution in [0.25, 0.3) is 0 Å². The van der Waals surface area contributed by atoms with Gasteiger partial charge in [0.15, 0.2) is 0 Å². The van der Waals surface area contributed by atoms with Crippen molar-refractivity contribution in [2.75, 3.05) is 13.6 Å². The number of aromatic carboxylic acids is 1. The molecule has 108 valence electrons. The van der Waals surface area contributed by atoms with Gasteiger partial charge in [0.25, 0.3) is 10.0 Å². The minimum Gasteiger partial charge on any atom is -0.475 e. The summed E-state index contributed by atoms with van der Waals surface area (Å²) in [5, 5.41) is 10.3. The van der Waals surface area contributed by atoms with E-state index in [1.165, 1.54) is 7.05 Å². The summed E-state index contributed by atoms with van der Waals surface area (Å²) < 4.78 is 30.3. The highest BCUT2D eigenvalue weighted by molar-refractivity contribution is 7.89. The van der Waals surface area contributed by atoms with E-state index in [1.807, 2.05) is 17.5 Å². The Morgan fingerprint density at radius 3 is 2.70 bits per heavy atom. The number of hydrogen-bond donors (Lipinski definition) is 1. The van der Waals surface area contributed by atoms with Gasteiger partial charge in [-0.2, -0.15) is 4.31 Å². The Hall–Kier alpha value is -1.64. The van der Waals surface area contributed by atoms with E-state index in [4.69, 9.17) is 9.52 Å². The number of rotatable bonds is 6. The molecule has 2 heterocycles. The summed E-state index contributed by atoms with van der Waals surface area (Å²) in [6, 6.07) is 6.11. The van der Waals surface area contributed by atoms with Gasteiger partial charge < -0.3 is 9.52 Å². The van der Waals surface area contributed by atoms with E-state index in [1.54, 1.807) is 11.3 Å². The Labute approximate surface area is 120 Å². The molecule has 20 heavy (non-hydrogen) atoms. The van der Waals surface area contributed by atoms with Crippen molar-refractivity contribution in [2.45, 2.75) is 11.5 Å². The number of thiophene rings is 1. The van der Waals surface area contributed by atoms with E-state index >= 15 is 0 Å². The van der Waals surface area contributed by atoms with Crippen molar-refractivity contribution < 1.29 is 22.7 Å². The maximum atomic E-state index is 12.2. The summed E-state index contributed by atoms with van der Waals surface area (Å²) in [6.45, 7) is 0.298. The molecule has 0 atom stereocenters. The van der Waals surface area contributed by atoms with Crippen molar-refractivity contribution in [3.05, 3.63) is 40.3 Å². The first kappa shape index (κ1) is 14.8. The standard InChI is InChI=1S/C12H13NO5S2/c1-13(7-6-9-3-2-8-19-9)20(16,17)11-5-4-10(18-11)12(14)15/h2-5,8H,6-7H2,1H3,(H,14,15). The zero-order valence-electron chi connectivity index (χ0n) is 10.6. The topological polar surface area (TPSA) is 87.8 Å². The lowest BCUT2D eigenvalue weighted by molar-refractivity contribution is 0.0656. The number of furan rings is 1. The van der Waals surface area contributed by atoms with Gasteiger partial charge in [-0.15, -0.1) is 11.3 Å². The summed E-state index contributed by atoms with van der Waals surface area (Å²) in [6.07, 6.45) is 0.597. The van der Waals surface area contributed by atoms with Crippen LogP contribution in [-0.4, -0.2) is 37.4 Å². The molecule has 6 nitrogen and oxygen atoms in total. The summed E-state index contributed by atoms with van der Waals surface area (Å²) in [5.41, 5.74) is 0. The van der Waals surface area contributed by atoms with Crippen molar-refractivity contribution >= 4 is 27.3 Å². The molecule has 0 radical (unpaired) electrons. The molecule has 0 unspecified atom stereocenters. The molecule has 0 aliphatic rings. The van der Waals surface area contributed by atoms with Crippen molar-refractivity contribution in [1.29, 1.82) is 0 Å². The van der Waals surface area contributed by atoms with Gasteiger partial charge in [0, 0.05) is 18.5 Å². The number of nitrogens with zero attached hydrogens (tertiary/aromatic N) is 1. The van der Waals surface area contributed by atoms with Crippen molar-refractivity contribution in [1.82, 2.24) is 4.31 Å². The number of carboxylic acids is 1. The maximum Gasteiger partial charge on any atom is 0.371 e. The van der Waals surface area contributed by atoms with Crippen LogP contribution in [0.2, 0.25) is 0 Å². The normalized spacial score (nSPS) is 11.9. The molecule has 0 saturated carbocycles. The average molecular weight is 315 g/mol. The van der Waals surface area contributed by atoms with Crippen LogP contribution in [0.4, 0.5) is 0 Å². The SMILES string of the molecule is CN(CCc1cccs1)S(=O)(=O)c1ccc(C(=O)O)o1. The van der Waals surface area contributed by atoms with Crippen LogP contribution in [0.3, 0.4) is 0 Å². The van der Waals surface area contributed by atoms with Gasteiger partial charge in [-0.1, -0.05) is 6.07 Å². The van der Waals surface area contributed by atoms with Gasteiger partial charge >= 0.3 is 5.97 Å². The molecular weight excluding hydrogens is 302 g/mol. The van der Waals surface area contributed by atoms with E-state index in [-0.39, 0.29) is 5.09 Å². The second-order valence-corrected chi connectivity index (χ2v) is 7.09. The monoisotopic (exact) mass is 315 g/mol. The molecule has 2 rings (SSSR count). The first-order valence-electron chi connectivity index (χ1n) is 5.73. The number of carbonyl (C=O) groups is 1. The molecule has 0 spiro atoms. The summed E-state index contributed by atoms with van der Waals surface area (Å²) in [4.78, 5) is 11.8. The lowest BCUT2D eigenvalue weighted by atomic mass is 10.3. The Balaban J connectivity index is 2.10. The van der Waals surface area contributed by atoms with Crippen LogP contribution >= 0.6 is 11.3 Å². The van der Waals surface area contributed by atoms with Crippen LogP contribution in [0.1, 0.15) is 15.4 Å². The number of sulfonamides is 1. The second kappa shape index (κ2) is 5.78. The van der Waals surface area contributed by atoms with E-state index in [2.05, 4.69) is 0 Å². The van der Waals surface area contributed by atoms with E-state index in [0.717, 1.165) is 21.3 Å². The first-order valence-corrected chi connectivity index (χ1v) is 8.05. The van der Waals surface area contributed by atoms with Gasteiger partial charge in [-0.05, 0) is 30.0 Å².